The van der Waals surface area contributed by atoms with Crippen LogP contribution < -0.4 is 0 Å². The van der Waals surface area contributed by atoms with Crippen LogP contribution >= 0.6 is 0 Å². The van der Waals surface area contributed by atoms with Crippen molar-refractivity contribution in [2.75, 3.05) is 0 Å². The van der Waals surface area contributed by atoms with Crippen molar-refractivity contribution in [2.24, 2.45) is 0 Å². The first-order valence-corrected chi connectivity index (χ1v) is 12.7. The van der Waals surface area contributed by atoms with Crippen molar-refractivity contribution in [1.29, 1.82) is 0 Å². The molecule has 0 aromatic rings. The molecular formula is C26H53. The van der Waals surface area contributed by atoms with E-state index in [2.05, 4.69) is 20.3 Å². The van der Waals surface area contributed by atoms with Gasteiger partial charge in [0.15, 0.2) is 0 Å². The zero-order valence-corrected chi connectivity index (χ0v) is 18.8. The van der Waals surface area contributed by atoms with Gasteiger partial charge in [0.25, 0.3) is 0 Å². The molecule has 0 aromatic heterocycles. The SMILES string of the molecule is CCCCCC[CH]CCCCCCCCCCCCCCCCCCC. The van der Waals surface area contributed by atoms with Crippen LogP contribution in [0.5, 0.6) is 0 Å². The van der Waals surface area contributed by atoms with Crippen LogP contribution in [0, 0.1) is 6.42 Å². The monoisotopic (exact) mass is 365 g/mol. The summed E-state index contributed by atoms with van der Waals surface area (Å²) in [5.41, 5.74) is 0. The van der Waals surface area contributed by atoms with E-state index in [1.807, 2.05) is 0 Å². The lowest BCUT2D eigenvalue weighted by Crippen LogP contribution is -1.84. The predicted molar refractivity (Wildman–Crippen MR) is 122 cm³/mol. The van der Waals surface area contributed by atoms with Gasteiger partial charge >= 0.3 is 0 Å². The zero-order valence-electron chi connectivity index (χ0n) is 18.8. The molecule has 26 heavy (non-hydrogen) atoms. The van der Waals surface area contributed by atoms with Gasteiger partial charge in [0.2, 0.25) is 0 Å². The van der Waals surface area contributed by atoms with E-state index in [1.54, 1.807) is 0 Å². The normalized spacial score (nSPS) is 11.3. The second-order valence-electron chi connectivity index (χ2n) is 8.58. The summed E-state index contributed by atoms with van der Waals surface area (Å²) in [4.78, 5) is 0. The third kappa shape index (κ3) is 24.0. The number of hydrogen-bond acceptors (Lipinski definition) is 0. The van der Waals surface area contributed by atoms with Crippen molar-refractivity contribution in [1.82, 2.24) is 0 Å². The van der Waals surface area contributed by atoms with Gasteiger partial charge in [-0.1, -0.05) is 162 Å². The standard InChI is InChI=1S/C26H53/c1-3-5-7-9-11-13-15-17-19-21-23-25-26-24-22-20-18-16-14-12-10-8-6-4-2/h13H,3-12,14-26H2,1-2H3. The van der Waals surface area contributed by atoms with E-state index in [9.17, 15) is 0 Å². The summed E-state index contributed by atoms with van der Waals surface area (Å²) in [7, 11) is 0. The second kappa shape index (κ2) is 25.0. The summed E-state index contributed by atoms with van der Waals surface area (Å²) in [6.45, 7) is 4.59. The highest BCUT2D eigenvalue weighted by Gasteiger charge is 1.95. The van der Waals surface area contributed by atoms with Crippen molar-refractivity contribution in [3.05, 3.63) is 6.42 Å². The van der Waals surface area contributed by atoms with Crippen molar-refractivity contribution >= 4 is 0 Å². The summed E-state index contributed by atoms with van der Waals surface area (Å²) in [6, 6.07) is 0. The van der Waals surface area contributed by atoms with Gasteiger partial charge in [0, 0.05) is 0 Å². The minimum absolute atomic E-state index is 1.36. The van der Waals surface area contributed by atoms with E-state index >= 15 is 0 Å². The molecule has 0 saturated heterocycles. The molecule has 157 valence electrons. The molecule has 1 radical (unpaired) electrons. The van der Waals surface area contributed by atoms with E-state index in [0.29, 0.717) is 0 Å². The largest absolute Gasteiger partial charge is 0.0654 e. The van der Waals surface area contributed by atoms with Crippen LogP contribution in [0.4, 0.5) is 0 Å². The lowest BCUT2D eigenvalue weighted by molar-refractivity contribution is 0.526. The van der Waals surface area contributed by atoms with Gasteiger partial charge in [-0.2, -0.15) is 0 Å². The molecular weight excluding hydrogens is 312 g/mol. The predicted octanol–water partition coefficient (Wildman–Crippen LogP) is 10.2. The quantitative estimate of drug-likeness (QED) is 0.158. The molecule has 0 heteroatoms. The fourth-order valence-corrected chi connectivity index (χ4v) is 3.87. The maximum atomic E-state index is 2.54. The molecule has 0 fully saturated rings. The molecule has 0 N–H and O–H groups in total. The Morgan fingerprint density at radius 1 is 0.308 bits per heavy atom. The van der Waals surface area contributed by atoms with Crippen molar-refractivity contribution in [3.8, 4) is 0 Å². The van der Waals surface area contributed by atoms with Gasteiger partial charge in [-0.05, 0) is 6.42 Å². The molecule has 0 nitrogen and oxygen atoms in total. The molecule has 0 amide bonds. The van der Waals surface area contributed by atoms with Gasteiger partial charge in [0.1, 0.15) is 0 Å². The van der Waals surface area contributed by atoms with E-state index < -0.39 is 0 Å². The van der Waals surface area contributed by atoms with Crippen LogP contribution in [0.3, 0.4) is 0 Å². The van der Waals surface area contributed by atoms with Crippen molar-refractivity contribution in [3.63, 3.8) is 0 Å². The lowest BCUT2D eigenvalue weighted by Gasteiger charge is -2.04. The molecule has 0 atom stereocenters. The third-order valence-corrected chi connectivity index (χ3v) is 5.77. The maximum Gasteiger partial charge on any atom is -0.0386 e. The van der Waals surface area contributed by atoms with E-state index in [1.165, 1.54) is 148 Å². The molecule has 0 bridgehead atoms. The van der Waals surface area contributed by atoms with Gasteiger partial charge < -0.3 is 0 Å². The minimum atomic E-state index is 1.36. The molecule has 0 heterocycles. The Balaban J connectivity index is 2.95. The molecule has 0 saturated carbocycles. The summed E-state index contributed by atoms with van der Waals surface area (Å²) < 4.78 is 0. The van der Waals surface area contributed by atoms with Crippen LogP contribution in [0.25, 0.3) is 0 Å². The van der Waals surface area contributed by atoms with Gasteiger partial charge in [-0.15, -0.1) is 0 Å². The third-order valence-electron chi connectivity index (χ3n) is 5.77. The maximum absolute atomic E-state index is 2.54. The second-order valence-corrected chi connectivity index (χ2v) is 8.58. The molecule has 0 rings (SSSR count). The fourth-order valence-electron chi connectivity index (χ4n) is 3.87. The average molecular weight is 366 g/mol. The lowest BCUT2D eigenvalue weighted by atomic mass is 10.0. The fraction of sp³-hybridized carbons (Fsp3) is 0.962. The van der Waals surface area contributed by atoms with E-state index in [4.69, 9.17) is 0 Å². The first-order chi connectivity index (χ1) is 12.9. The minimum Gasteiger partial charge on any atom is -0.0654 e. The molecule has 0 aromatic carbocycles. The first kappa shape index (κ1) is 26.0. The summed E-state index contributed by atoms with van der Waals surface area (Å²) in [5.74, 6) is 0. The average Bonchev–Trinajstić information content (AvgIpc) is 2.66. The number of rotatable bonds is 23. The van der Waals surface area contributed by atoms with Crippen LogP contribution in [-0.2, 0) is 0 Å². The number of unbranched alkanes of at least 4 members (excludes halogenated alkanes) is 23. The molecule has 0 aliphatic carbocycles. The highest BCUT2D eigenvalue weighted by atomic mass is 14.0. The Kier molecular flexibility index (Phi) is 25.0. The summed E-state index contributed by atoms with van der Waals surface area (Å²) in [6.07, 6.45) is 35.9. The number of hydrogen-bond donors (Lipinski definition) is 0. The Bertz CT molecular complexity index is 196. The molecule has 0 aliphatic heterocycles. The van der Waals surface area contributed by atoms with Crippen LogP contribution in [-0.4, -0.2) is 0 Å². The summed E-state index contributed by atoms with van der Waals surface area (Å²) >= 11 is 0. The molecule has 0 spiro atoms. The topological polar surface area (TPSA) is 0 Å². The Morgan fingerprint density at radius 2 is 0.538 bits per heavy atom. The smallest absolute Gasteiger partial charge is 0.0386 e. The Hall–Kier alpha value is 0. The van der Waals surface area contributed by atoms with Crippen LogP contribution in [0.1, 0.15) is 162 Å². The molecule has 0 unspecified atom stereocenters. The molecule has 0 aliphatic rings. The Labute approximate surface area is 168 Å². The highest BCUT2D eigenvalue weighted by Crippen LogP contribution is 2.15. The van der Waals surface area contributed by atoms with Gasteiger partial charge in [-0.25, -0.2) is 0 Å². The van der Waals surface area contributed by atoms with Crippen molar-refractivity contribution < 1.29 is 0 Å². The van der Waals surface area contributed by atoms with Crippen LogP contribution in [0.2, 0.25) is 0 Å². The van der Waals surface area contributed by atoms with Gasteiger partial charge in [0.05, 0.1) is 0 Å². The summed E-state index contributed by atoms with van der Waals surface area (Å²) in [5, 5.41) is 0. The Morgan fingerprint density at radius 3 is 0.846 bits per heavy atom. The van der Waals surface area contributed by atoms with Crippen LogP contribution in [0.15, 0.2) is 0 Å². The van der Waals surface area contributed by atoms with Gasteiger partial charge in [-0.3, -0.25) is 0 Å². The zero-order chi connectivity index (χ0) is 19.0. The van der Waals surface area contributed by atoms with E-state index in [0.717, 1.165) is 0 Å². The van der Waals surface area contributed by atoms with Crippen molar-refractivity contribution in [2.45, 2.75) is 162 Å². The van der Waals surface area contributed by atoms with E-state index in [-0.39, 0.29) is 0 Å². The highest BCUT2D eigenvalue weighted by molar-refractivity contribution is 4.64. The first-order valence-electron chi connectivity index (χ1n) is 12.7.